The summed E-state index contributed by atoms with van der Waals surface area (Å²) in [6.45, 7) is -0.209. The molecule has 1 unspecified atom stereocenters. The molecule has 1 aliphatic heterocycles. The minimum absolute atomic E-state index is 0.0614. The van der Waals surface area contributed by atoms with Crippen molar-refractivity contribution in [3.8, 4) is 5.75 Å². The molecule has 9 heteroatoms. The highest BCUT2D eigenvalue weighted by Crippen LogP contribution is 2.32. The largest absolute Gasteiger partial charge is 0.489 e. The Labute approximate surface area is 174 Å². The number of amides is 1. The molecule has 0 bridgehead atoms. The highest BCUT2D eigenvalue weighted by atomic mass is 32.2. The van der Waals surface area contributed by atoms with Gasteiger partial charge in [0.15, 0.2) is 5.17 Å². The van der Waals surface area contributed by atoms with Gasteiger partial charge >= 0.3 is 6.18 Å². The second kappa shape index (κ2) is 7.98. The summed E-state index contributed by atoms with van der Waals surface area (Å²) in [5, 5.41) is 10.6. The maximum absolute atomic E-state index is 13.1. The molecule has 2 aromatic carbocycles. The predicted octanol–water partition coefficient (Wildman–Crippen LogP) is 4.54. The van der Waals surface area contributed by atoms with Crippen molar-refractivity contribution in [2.45, 2.75) is 24.5 Å². The highest BCUT2D eigenvalue weighted by Gasteiger charge is 2.33. The molecule has 5 nitrogen and oxygen atoms in total. The van der Waals surface area contributed by atoms with Crippen LogP contribution >= 0.6 is 11.8 Å². The molecule has 3 aromatic rings. The Morgan fingerprint density at radius 3 is 2.70 bits per heavy atom. The van der Waals surface area contributed by atoms with Crippen molar-refractivity contribution in [1.82, 2.24) is 10.3 Å². The predicted molar refractivity (Wildman–Crippen MR) is 108 cm³/mol. The Bertz CT molecular complexity index is 1130. The zero-order valence-electron chi connectivity index (χ0n) is 15.5. The maximum atomic E-state index is 13.1. The number of ether oxygens (including phenoxy) is 1. The number of alkyl halides is 3. The van der Waals surface area contributed by atoms with Gasteiger partial charge in [0, 0.05) is 23.2 Å². The Morgan fingerprint density at radius 2 is 1.97 bits per heavy atom. The van der Waals surface area contributed by atoms with Crippen LogP contribution < -0.4 is 10.1 Å². The number of thioether (sulfide) groups is 1. The number of aromatic nitrogens is 1. The highest BCUT2D eigenvalue weighted by molar-refractivity contribution is 8.15. The second-order valence-electron chi connectivity index (χ2n) is 6.77. The van der Waals surface area contributed by atoms with Gasteiger partial charge in [0.2, 0.25) is 5.91 Å². The molecule has 1 aliphatic rings. The van der Waals surface area contributed by atoms with E-state index in [0.717, 1.165) is 17.0 Å². The van der Waals surface area contributed by atoms with E-state index in [1.54, 1.807) is 30.5 Å². The molecule has 2 heterocycles. The first-order chi connectivity index (χ1) is 14.3. The van der Waals surface area contributed by atoms with Crippen LogP contribution in [-0.4, -0.2) is 21.3 Å². The standard InChI is InChI=1S/C21H16F3N3O2S/c22-21(23,24)16-4-2-1-3-14(16)11-29-15-6-5-13-7-12(10-26-17(13)9-15)8-18-19(28)27-20(25)30-18/h1-7,9-10,18H,8,11H2,(H2,25,27,28). The maximum Gasteiger partial charge on any atom is 0.416 e. The van der Waals surface area contributed by atoms with E-state index in [1.165, 1.54) is 23.9 Å². The number of amidine groups is 1. The third-order valence-electron chi connectivity index (χ3n) is 4.64. The lowest BCUT2D eigenvalue weighted by atomic mass is 10.1. The third-order valence-corrected chi connectivity index (χ3v) is 5.64. The minimum Gasteiger partial charge on any atom is -0.489 e. The number of fused-ring (bicyclic) bond motifs is 1. The topological polar surface area (TPSA) is 75.1 Å². The molecule has 1 fully saturated rings. The zero-order valence-corrected chi connectivity index (χ0v) is 16.3. The van der Waals surface area contributed by atoms with E-state index in [1.807, 2.05) is 6.07 Å². The summed E-state index contributed by atoms with van der Waals surface area (Å²) in [4.78, 5) is 16.2. The summed E-state index contributed by atoms with van der Waals surface area (Å²) in [5.74, 6) is 0.229. The van der Waals surface area contributed by atoms with E-state index in [0.29, 0.717) is 17.7 Å². The van der Waals surface area contributed by atoms with Crippen LogP contribution in [0.4, 0.5) is 13.2 Å². The van der Waals surface area contributed by atoms with Crippen LogP contribution in [-0.2, 0) is 24.0 Å². The van der Waals surface area contributed by atoms with Crippen LogP contribution in [0.25, 0.3) is 10.9 Å². The first kappa shape index (κ1) is 20.2. The number of rotatable bonds is 5. The van der Waals surface area contributed by atoms with Crippen molar-refractivity contribution < 1.29 is 22.7 Å². The van der Waals surface area contributed by atoms with Crippen LogP contribution in [0.3, 0.4) is 0 Å². The van der Waals surface area contributed by atoms with Crippen molar-refractivity contribution in [2.75, 3.05) is 0 Å². The quantitative estimate of drug-likeness (QED) is 0.622. The fourth-order valence-electron chi connectivity index (χ4n) is 3.20. The molecule has 0 saturated carbocycles. The number of benzene rings is 2. The van der Waals surface area contributed by atoms with Gasteiger partial charge in [0.05, 0.1) is 16.3 Å². The minimum atomic E-state index is -4.44. The van der Waals surface area contributed by atoms with Gasteiger partial charge in [-0.15, -0.1) is 0 Å². The number of carbonyl (C=O) groups is 1. The van der Waals surface area contributed by atoms with Gasteiger partial charge in [-0.2, -0.15) is 13.2 Å². The fraction of sp³-hybridized carbons (Fsp3) is 0.190. The van der Waals surface area contributed by atoms with Gasteiger partial charge in [-0.25, -0.2) is 0 Å². The molecule has 0 aliphatic carbocycles. The molecule has 1 amide bonds. The van der Waals surface area contributed by atoms with Gasteiger partial charge < -0.3 is 10.1 Å². The molecule has 1 aromatic heterocycles. The van der Waals surface area contributed by atoms with Crippen molar-refractivity contribution in [1.29, 1.82) is 5.41 Å². The first-order valence-electron chi connectivity index (χ1n) is 9.02. The Hall–Kier alpha value is -3.07. The Balaban J connectivity index is 1.48. The summed E-state index contributed by atoms with van der Waals surface area (Å²) in [6, 6.07) is 12.3. The number of nitrogens with one attached hydrogen (secondary N) is 2. The van der Waals surface area contributed by atoms with E-state index in [2.05, 4.69) is 10.3 Å². The molecule has 1 atom stereocenters. The first-order valence-corrected chi connectivity index (χ1v) is 9.90. The number of hydrogen-bond donors (Lipinski definition) is 2. The van der Waals surface area contributed by atoms with Gasteiger partial charge in [-0.1, -0.05) is 30.0 Å². The number of pyridine rings is 1. The van der Waals surface area contributed by atoms with E-state index >= 15 is 0 Å². The van der Waals surface area contributed by atoms with Gasteiger partial charge in [0.25, 0.3) is 0 Å². The van der Waals surface area contributed by atoms with Crippen LogP contribution in [0.5, 0.6) is 5.75 Å². The molecule has 4 rings (SSSR count). The van der Waals surface area contributed by atoms with Crippen molar-refractivity contribution in [2.24, 2.45) is 0 Å². The van der Waals surface area contributed by atoms with Crippen molar-refractivity contribution in [3.63, 3.8) is 0 Å². The normalized spacial score (nSPS) is 16.7. The molecule has 1 saturated heterocycles. The summed E-state index contributed by atoms with van der Waals surface area (Å²) >= 11 is 1.18. The molecular formula is C21H16F3N3O2S. The molecule has 0 radical (unpaired) electrons. The van der Waals surface area contributed by atoms with Gasteiger partial charge in [0.1, 0.15) is 12.4 Å². The smallest absolute Gasteiger partial charge is 0.416 e. The zero-order chi connectivity index (χ0) is 21.3. The second-order valence-corrected chi connectivity index (χ2v) is 7.98. The summed E-state index contributed by atoms with van der Waals surface area (Å²) < 4.78 is 44.9. The van der Waals surface area contributed by atoms with Crippen LogP contribution in [0.1, 0.15) is 16.7 Å². The SMILES string of the molecule is N=C1NC(=O)C(Cc2cnc3cc(OCc4ccccc4C(F)(F)F)ccc3c2)S1. The molecule has 154 valence electrons. The average molecular weight is 431 g/mol. The monoisotopic (exact) mass is 431 g/mol. The number of carbonyl (C=O) groups excluding carboxylic acids is 1. The van der Waals surface area contributed by atoms with Gasteiger partial charge in [-0.05, 0) is 36.2 Å². The summed E-state index contributed by atoms with van der Waals surface area (Å²) in [7, 11) is 0. The number of hydrogen-bond acceptors (Lipinski definition) is 5. The average Bonchev–Trinajstić information content (AvgIpc) is 3.02. The van der Waals surface area contributed by atoms with Crippen molar-refractivity contribution in [3.05, 3.63) is 71.4 Å². The van der Waals surface area contributed by atoms with Crippen LogP contribution in [0.2, 0.25) is 0 Å². The van der Waals surface area contributed by atoms with E-state index in [4.69, 9.17) is 10.1 Å². The fourth-order valence-corrected chi connectivity index (χ4v) is 4.08. The number of nitrogens with zero attached hydrogens (tertiary/aromatic N) is 1. The lowest BCUT2D eigenvalue weighted by molar-refractivity contribution is -0.138. The van der Waals surface area contributed by atoms with Crippen LogP contribution in [0, 0.1) is 5.41 Å². The molecule has 2 N–H and O–H groups in total. The molecular weight excluding hydrogens is 415 g/mol. The Kier molecular flexibility index (Phi) is 5.38. The van der Waals surface area contributed by atoms with Crippen molar-refractivity contribution >= 4 is 33.7 Å². The Morgan fingerprint density at radius 1 is 1.17 bits per heavy atom. The van der Waals surface area contributed by atoms with Gasteiger partial charge in [-0.3, -0.25) is 15.2 Å². The molecule has 0 spiro atoms. The van der Waals surface area contributed by atoms with E-state index in [9.17, 15) is 18.0 Å². The van der Waals surface area contributed by atoms with Crippen LogP contribution in [0.15, 0.2) is 54.7 Å². The van der Waals surface area contributed by atoms with E-state index < -0.39 is 11.7 Å². The van der Waals surface area contributed by atoms with E-state index in [-0.39, 0.29) is 28.5 Å². The summed E-state index contributed by atoms with van der Waals surface area (Å²) in [6.07, 6.45) is -2.33. The lowest BCUT2D eigenvalue weighted by Crippen LogP contribution is -2.25. The summed E-state index contributed by atoms with van der Waals surface area (Å²) in [5.41, 5.74) is 0.844. The molecule has 30 heavy (non-hydrogen) atoms. The lowest BCUT2D eigenvalue weighted by Gasteiger charge is -2.14. The third kappa shape index (κ3) is 4.40. The number of halogens is 3.